The van der Waals surface area contributed by atoms with Crippen molar-refractivity contribution in [2.24, 2.45) is 0 Å². The average molecular weight is 538 g/mol. The van der Waals surface area contributed by atoms with Gasteiger partial charge in [-0.15, -0.1) is 0 Å². The summed E-state index contributed by atoms with van der Waals surface area (Å²) in [6.07, 6.45) is -4.03. The number of hydrogen-bond donors (Lipinski definition) is 1. The van der Waals surface area contributed by atoms with Crippen molar-refractivity contribution in [2.75, 3.05) is 6.54 Å². The van der Waals surface area contributed by atoms with Crippen molar-refractivity contribution >= 4 is 43.4 Å². The number of amides is 1. The Bertz CT molecular complexity index is 1090. The molecular weight excluding hydrogens is 521 g/mol. The van der Waals surface area contributed by atoms with Gasteiger partial charge in [-0.2, -0.15) is 23.4 Å². The summed E-state index contributed by atoms with van der Waals surface area (Å²) in [5.74, 6) is -0.581. The third kappa shape index (κ3) is 4.32. The van der Waals surface area contributed by atoms with Gasteiger partial charge >= 0.3 is 6.18 Å². The summed E-state index contributed by atoms with van der Waals surface area (Å²) in [5.41, 5.74) is 0.835. The van der Waals surface area contributed by atoms with Gasteiger partial charge in [0, 0.05) is 24.5 Å². The molecule has 0 unspecified atom stereocenters. The predicted molar refractivity (Wildman–Crippen MR) is 107 cm³/mol. The molecule has 0 spiro atoms. The summed E-state index contributed by atoms with van der Waals surface area (Å²) in [6, 6.07) is 0.890. The van der Waals surface area contributed by atoms with Crippen molar-refractivity contribution in [3.8, 4) is 0 Å². The highest BCUT2D eigenvalue weighted by atomic mass is 79.9. The molecule has 7 nitrogen and oxygen atoms in total. The lowest BCUT2D eigenvalue weighted by atomic mass is 10.3. The molecule has 12 heteroatoms. The molecule has 1 N–H and O–H groups in total. The molecule has 0 radical (unpaired) electrons. The standard InChI is InChI=1S/C17H17Br2F3N6O/c1-8-7-11(17(20,21)22)28-15(24-8)13(19)14(26-28)16(29)23-5-4-6-27-10(3)12(18)9(2)25-27/h7H,4-6H2,1-3H3,(H,23,29). The van der Waals surface area contributed by atoms with Gasteiger partial charge in [-0.25, -0.2) is 9.50 Å². The lowest BCUT2D eigenvalue weighted by molar-refractivity contribution is -0.142. The molecule has 0 aliphatic carbocycles. The number of aryl methyl sites for hydroxylation is 3. The zero-order valence-electron chi connectivity index (χ0n) is 15.7. The van der Waals surface area contributed by atoms with Crippen LogP contribution in [0, 0.1) is 20.8 Å². The first-order valence-electron chi connectivity index (χ1n) is 8.61. The molecule has 3 aromatic heterocycles. The normalized spacial score (nSPS) is 12.0. The number of hydrogen-bond acceptors (Lipinski definition) is 4. The van der Waals surface area contributed by atoms with Crippen LogP contribution in [0.15, 0.2) is 15.0 Å². The number of alkyl halides is 3. The lowest BCUT2D eigenvalue weighted by Crippen LogP contribution is -2.26. The second kappa shape index (κ2) is 8.05. The summed E-state index contributed by atoms with van der Waals surface area (Å²) in [6.45, 7) is 6.17. The first-order chi connectivity index (χ1) is 13.5. The van der Waals surface area contributed by atoms with Crippen LogP contribution in [0.4, 0.5) is 13.2 Å². The molecule has 0 aliphatic heterocycles. The zero-order valence-corrected chi connectivity index (χ0v) is 18.9. The van der Waals surface area contributed by atoms with E-state index in [0.29, 0.717) is 24.0 Å². The molecule has 3 heterocycles. The second-order valence-electron chi connectivity index (χ2n) is 6.50. The first-order valence-corrected chi connectivity index (χ1v) is 10.2. The molecule has 0 bridgehead atoms. The van der Waals surface area contributed by atoms with Crippen LogP contribution < -0.4 is 5.32 Å². The smallest absolute Gasteiger partial charge is 0.351 e. The van der Waals surface area contributed by atoms with Crippen molar-refractivity contribution in [2.45, 2.75) is 39.9 Å². The molecule has 1 amide bonds. The van der Waals surface area contributed by atoms with Gasteiger partial charge in [-0.3, -0.25) is 9.48 Å². The fourth-order valence-corrected chi connectivity index (χ4v) is 3.67. The van der Waals surface area contributed by atoms with E-state index in [2.05, 4.69) is 52.4 Å². The van der Waals surface area contributed by atoms with E-state index in [1.165, 1.54) is 6.92 Å². The number of carbonyl (C=O) groups excluding carboxylic acids is 1. The Hall–Kier alpha value is -1.95. The zero-order chi connectivity index (χ0) is 21.5. The number of carbonyl (C=O) groups is 1. The quantitative estimate of drug-likeness (QED) is 0.494. The number of nitrogens with one attached hydrogen (secondary N) is 1. The SMILES string of the molecule is Cc1cc(C(F)(F)F)n2nc(C(=O)NCCCn3nc(C)c(Br)c3C)c(Br)c2n1. The maximum Gasteiger partial charge on any atom is 0.433 e. The molecule has 0 saturated heterocycles. The van der Waals surface area contributed by atoms with Crippen LogP contribution in [0.5, 0.6) is 0 Å². The maximum atomic E-state index is 13.3. The van der Waals surface area contributed by atoms with Crippen LogP contribution in [0.3, 0.4) is 0 Å². The minimum atomic E-state index is -4.63. The summed E-state index contributed by atoms with van der Waals surface area (Å²) >= 11 is 6.62. The number of rotatable bonds is 5. The highest BCUT2D eigenvalue weighted by molar-refractivity contribution is 9.11. The van der Waals surface area contributed by atoms with E-state index in [0.717, 1.165) is 21.9 Å². The van der Waals surface area contributed by atoms with Crippen LogP contribution in [0.1, 0.15) is 39.7 Å². The Morgan fingerprint density at radius 1 is 1.17 bits per heavy atom. The Balaban J connectivity index is 1.74. The molecule has 29 heavy (non-hydrogen) atoms. The largest absolute Gasteiger partial charge is 0.433 e. The van der Waals surface area contributed by atoms with Crippen LogP contribution in [-0.2, 0) is 12.7 Å². The average Bonchev–Trinajstić information content (AvgIpc) is 3.09. The topological polar surface area (TPSA) is 77.1 Å². The predicted octanol–water partition coefficient (Wildman–Crippen LogP) is 4.21. The molecule has 3 rings (SSSR count). The third-order valence-corrected chi connectivity index (χ3v) is 6.17. The van der Waals surface area contributed by atoms with Crippen molar-refractivity contribution < 1.29 is 18.0 Å². The van der Waals surface area contributed by atoms with Gasteiger partial charge in [0.15, 0.2) is 11.3 Å². The maximum absolute atomic E-state index is 13.3. The fourth-order valence-electron chi connectivity index (χ4n) is 2.87. The Morgan fingerprint density at radius 3 is 2.45 bits per heavy atom. The number of fused-ring (bicyclic) bond motifs is 1. The number of nitrogens with zero attached hydrogens (tertiary/aromatic N) is 5. The van der Waals surface area contributed by atoms with Gasteiger partial charge in [0.25, 0.3) is 5.91 Å². The molecule has 0 saturated carbocycles. The van der Waals surface area contributed by atoms with Gasteiger partial charge in [-0.05, 0) is 65.1 Å². The minimum absolute atomic E-state index is 0.0602. The molecule has 0 fully saturated rings. The van der Waals surface area contributed by atoms with E-state index in [-0.39, 0.29) is 21.5 Å². The van der Waals surface area contributed by atoms with E-state index in [1.54, 1.807) is 0 Å². The van der Waals surface area contributed by atoms with Gasteiger partial charge in [-0.1, -0.05) is 0 Å². The summed E-state index contributed by atoms with van der Waals surface area (Å²) < 4.78 is 43.4. The van der Waals surface area contributed by atoms with Crippen LogP contribution >= 0.6 is 31.9 Å². The number of aromatic nitrogens is 5. The monoisotopic (exact) mass is 536 g/mol. The van der Waals surface area contributed by atoms with Gasteiger partial charge in [0.05, 0.1) is 14.6 Å². The van der Waals surface area contributed by atoms with Gasteiger partial charge < -0.3 is 5.32 Å². The van der Waals surface area contributed by atoms with Crippen molar-refractivity contribution in [3.63, 3.8) is 0 Å². The van der Waals surface area contributed by atoms with E-state index in [9.17, 15) is 18.0 Å². The Labute approximate surface area is 180 Å². The molecule has 3 aromatic rings. The van der Waals surface area contributed by atoms with Crippen LogP contribution in [-0.4, -0.2) is 36.8 Å². The molecule has 0 atom stereocenters. The molecule has 0 aromatic carbocycles. The number of halogens is 5. The summed E-state index contributed by atoms with van der Waals surface area (Å²) in [4.78, 5) is 16.5. The van der Waals surface area contributed by atoms with Crippen molar-refractivity contribution in [1.82, 2.24) is 29.7 Å². The Kier molecular flexibility index (Phi) is 6.04. The van der Waals surface area contributed by atoms with E-state index in [1.807, 2.05) is 18.5 Å². The second-order valence-corrected chi connectivity index (χ2v) is 8.08. The first kappa shape index (κ1) is 21.8. The van der Waals surface area contributed by atoms with Crippen LogP contribution in [0.25, 0.3) is 5.65 Å². The Morgan fingerprint density at radius 2 is 1.86 bits per heavy atom. The van der Waals surface area contributed by atoms with Gasteiger partial charge in [0.1, 0.15) is 5.69 Å². The van der Waals surface area contributed by atoms with E-state index >= 15 is 0 Å². The third-order valence-electron chi connectivity index (χ3n) is 4.29. The van der Waals surface area contributed by atoms with Crippen LogP contribution in [0.2, 0.25) is 0 Å². The lowest BCUT2D eigenvalue weighted by Gasteiger charge is -2.09. The molecule has 156 valence electrons. The summed E-state index contributed by atoms with van der Waals surface area (Å²) in [5, 5.41) is 10.9. The van der Waals surface area contributed by atoms with E-state index < -0.39 is 17.8 Å². The van der Waals surface area contributed by atoms with E-state index in [4.69, 9.17) is 0 Å². The molecular formula is C17H17Br2F3N6O. The highest BCUT2D eigenvalue weighted by Gasteiger charge is 2.36. The minimum Gasteiger partial charge on any atom is -0.351 e. The van der Waals surface area contributed by atoms with Crippen molar-refractivity contribution in [3.05, 3.63) is 43.5 Å². The van der Waals surface area contributed by atoms with Crippen molar-refractivity contribution in [1.29, 1.82) is 0 Å². The summed E-state index contributed by atoms with van der Waals surface area (Å²) in [7, 11) is 0. The molecule has 0 aliphatic rings. The van der Waals surface area contributed by atoms with Gasteiger partial charge in [0.2, 0.25) is 0 Å². The fraction of sp³-hybridized carbons (Fsp3) is 0.412. The highest BCUT2D eigenvalue weighted by Crippen LogP contribution is 2.32.